The van der Waals surface area contributed by atoms with Crippen LogP contribution in [0.5, 0.6) is 0 Å². The van der Waals surface area contributed by atoms with Crippen LogP contribution in [0.2, 0.25) is 0 Å². The first-order valence-electron chi connectivity index (χ1n) is 2.95. The van der Waals surface area contributed by atoms with Crippen LogP contribution in [0.4, 0.5) is 39.5 Å². The number of hydrogen-bond acceptors (Lipinski definition) is 0. The third-order valence-electron chi connectivity index (χ3n) is 1.91. The molecule has 0 spiro atoms. The van der Waals surface area contributed by atoms with E-state index in [1.807, 2.05) is 0 Å². The molecule has 0 amide bonds. The predicted molar refractivity (Wildman–Crippen MR) is 24.1 cm³/mol. The monoisotopic (exact) mass is 231 g/mol. The lowest BCUT2D eigenvalue weighted by molar-refractivity contribution is -0.476. The van der Waals surface area contributed by atoms with Crippen molar-refractivity contribution in [1.82, 2.24) is 0 Å². The van der Waals surface area contributed by atoms with Crippen molar-refractivity contribution in [2.75, 3.05) is 0 Å². The second-order valence-corrected chi connectivity index (χ2v) is 2.64. The standard InChI is InChI=1S/C5F9/c6-1(7)2(8)3(9,10)5(13,14)4(2,11)12. The van der Waals surface area contributed by atoms with Gasteiger partial charge in [0.05, 0.1) is 0 Å². The minimum atomic E-state index is -6.11. The highest BCUT2D eigenvalue weighted by Gasteiger charge is 3.03. The SMILES string of the molecule is F[C](F)C1(F)C(F)(F)C(F)(F)C1(F)F. The van der Waals surface area contributed by atoms with Crippen LogP contribution in [0.15, 0.2) is 0 Å². The summed E-state index contributed by atoms with van der Waals surface area (Å²) in [5.74, 6) is -18.3. The largest absolute Gasteiger partial charge is 0.379 e. The minimum Gasteiger partial charge on any atom is -0.223 e. The lowest BCUT2D eigenvalue weighted by Crippen LogP contribution is -2.85. The molecule has 1 radical (unpaired) electrons. The summed E-state index contributed by atoms with van der Waals surface area (Å²) in [4.78, 5) is 0. The maximum atomic E-state index is 12.3. The van der Waals surface area contributed by atoms with Gasteiger partial charge in [-0.1, -0.05) is 0 Å². The molecule has 0 unspecified atom stereocenters. The normalized spacial score (nSPS) is 31.3. The van der Waals surface area contributed by atoms with Gasteiger partial charge in [-0.25, -0.2) is 4.39 Å². The molecule has 0 aromatic carbocycles. The van der Waals surface area contributed by atoms with E-state index in [1.165, 1.54) is 0 Å². The molecule has 0 aliphatic heterocycles. The molecular weight excluding hydrogens is 231 g/mol. The third kappa shape index (κ3) is 0.714. The van der Waals surface area contributed by atoms with E-state index in [0.29, 0.717) is 0 Å². The van der Waals surface area contributed by atoms with E-state index < -0.39 is 29.9 Å². The summed E-state index contributed by atoms with van der Waals surface area (Å²) < 4.78 is 107. The first kappa shape index (κ1) is 11.4. The zero-order valence-corrected chi connectivity index (χ0v) is 5.90. The van der Waals surface area contributed by atoms with Gasteiger partial charge in [0.15, 0.2) is 0 Å². The highest BCUT2D eigenvalue weighted by atomic mass is 19.4. The van der Waals surface area contributed by atoms with E-state index in [9.17, 15) is 39.5 Å². The van der Waals surface area contributed by atoms with E-state index >= 15 is 0 Å². The summed E-state index contributed by atoms with van der Waals surface area (Å²) in [6.07, 6.45) is -4.07. The summed E-state index contributed by atoms with van der Waals surface area (Å²) in [6, 6.07) is 0. The molecule has 1 aliphatic rings. The molecule has 1 rings (SSSR count). The van der Waals surface area contributed by atoms with Gasteiger partial charge in [0.1, 0.15) is 0 Å². The van der Waals surface area contributed by atoms with Crippen LogP contribution in [0, 0.1) is 6.43 Å². The fourth-order valence-electron chi connectivity index (χ4n) is 1.00. The first-order chi connectivity index (χ1) is 5.94. The fourth-order valence-corrected chi connectivity index (χ4v) is 1.00. The Morgan fingerprint density at radius 2 is 0.857 bits per heavy atom. The summed E-state index contributed by atoms with van der Waals surface area (Å²) in [5.41, 5.74) is -5.89. The summed E-state index contributed by atoms with van der Waals surface area (Å²) in [7, 11) is 0. The van der Waals surface area contributed by atoms with E-state index in [-0.39, 0.29) is 0 Å². The molecule has 0 saturated heterocycles. The van der Waals surface area contributed by atoms with Crippen LogP contribution < -0.4 is 0 Å². The maximum absolute atomic E-state index is 12.3. The molecule has 0 atom stereocenters. The number of alkyl halides is 7. The van der Waals surface area contributed by atoms with Crippen LogP contribution in [0.3, 0.4) is 0 Å². The number of hydrogen-bond donors (Lipinski definition) is 0. The molecule has 0 aromatic heterocycles. The van der Waals surface area contributed by atoms with Crippen molar-refractivity contribution >= 4 is 0 Å². The van der Waals surface area contributed by atoms with Crippen LogP contribution in [-0.4, -0.2) is 23.4 Å². The Hall–Kier alpha value is -0.630. The lowest BCUT2D eigenvalue weighted by atomic mass is 9.69. The van der Waals surface area contributed by atoms with E-state index in [1.54, 1.807) is 0 Å². The summed E-state index contributed by atoms with van der Waals surface area (Å²) >= 11 is 0. The van der Waals surface area contributed by atoms with Gasteiger partial charge in [0.2, 0.25) is 0 Å². The van der Waals surface area contributed by atoms with Crippen LogP contribution >= 0.6 is 0 Å². The Balaban J connectivity index is 3.25. The van der Waals surface area contributed by atoms with E-state index in [0.717, 1.165) is 0 Å². The van der Waals surface area contributed by atoms with Crippen LogP contribution in [-0.2, 0) is 0 Å². The Morgan fingerprint density at radius 1 is 0.571 bits per heavy atom. The van der Waals surface area contributed by atoms with E-state index in [4.69, 9.17) is 0 Å². The van der Waals surface area contributed by atoms with Crippen molar-refractivity contribution < 1.29 is 39.5 Å². The summed E-state index contributed by atoms with van der Waals surface area (Å²) in [6.45, 7) is 0. The quantitative estimate of drug-likeness (QED) is 0.608. The van der Waals surface area contributed by atoms with Crippen molar-refractivity contribution in [2.24, 2.45) is 0 Å². The molecule has 0 N–H and O–H groups in total. The lowest BCUT2D eigenvalue weighted by Gasteiger charge is -2.52. The molecule has 0 nitrogen and oxygen atoms in total. The minimum absolute atomic E-state index is 4.07. The maximum Gasteiger partial charge on any atom is 0.379 e. The molecule has 9 heteroatoms. The molecular formula is C5F9. The second kappa shape index (κ2) is 2.30. The van der Waals surface area contributed by atoms with Crippen molar-refractivity contribution in [3.8, 4) is 0 Å². The topological polar surface area (TPSA) is 0 Å². The smallest absolute Gasteiger partial charge is 0.223 e. The highest BCUT2D eigenvalue weighted by molar-refractivity contribution is 5.32. The average molecular weight is 231 g/mol. The molecule has 1 fully saturated rings. The molecule has 0 aromatic rings. The molecule has 1 aliphatic carbocycles. The van der Waals surface area contributed by atoms with Crippen molar-refractivity contribution in [3.63, 3.8) is 0 Å². The van der Waals surface area contributed by atoms with Gasteiger partial charge >= 0.3 is 29.9 Å². The van der Waals surface area contributed by atoms with Gasteiger partial charge in [0, 0.05) is 0 Å². The van der Waals surface area contributed by atoms with E-state index in [2.05, 4.69) is 0 Å². The molecule has 0 heterocycles. The Kier molecular flexibility index (Phi) is 1.88. The molecule has 0 bridgehead atoms. The zero-order chi connectivity index (χ0) is 11.6. The van der Waals surface area contributed by atoms with Crippen molar-refractivity contribution in [2.45, 2.75) is 23.4 Å². The van der Waals surface area contributed by atoms with Crippen molar-refractivity contribution in [3.05, 3.63) is 6.43 Å². The first-order valence-corrected chi connectivity index (χ1v) is 2.95. The van der Waals surface area contributed by atoms with Gasteiger partial charge in [-0.05, 0) is 0 Å². The third-order valence-corrected chi connectivity index (χ3v) is 1.91. The predicted octanol–water partition coefficient (Wildman–Crippen LogP) is 3.04. The van der Waals surface area contributed by atoms with Crippen LogP contribution in [0.25, 0.3) is 0 Å². The van der Waals surface area contributed by atoms with Gasteiger partial charge in [-0.3, -0.25) is 0 Å². The average Bonchev–Trinajstić information content (AvgIpc) is 2.00. The van der Waals surface area contributed by atoms with Gasteiger partial charge in [0.25, 0.3) is 0 Å². The molecule has 1 saturated carbocycles. The number of rotatable bonds is 1. The Labute approximate surface area is 70.7 Å². The van der Waals surface area contributed by atoms with Gasteiger partial charge in [-0.15, -0.1) is 0 Å². The van der Waals surface area contributed by atoms with Crippen LogP contribution in [0.1, 0.15) is 0 Å². The molecule has 14 heavy (non-hydrogen) atoms. The second-order valence-electron chi connectivity index (χ2n) is 2.64. The number of halogens is 9. The Morgan fingerprint density at radius 3 is 1.00 bits per heavy atom. The van der Waals surface area contributed by atoms with Gasteiger partial charge in [-0.2, -0.15) is 35.1 Å². The molecule has 83 valence electrons. The summed E-state index contributed by atoms with van der Waals surface area (Å²) in [5, 5.41) is 0. The zero-order valence-electron chi connectivity index (χ0n) is 5.90. The highest BCUT2D eigenvalue weighted by Crippen LogP contribution is 2.71. The van der Waals surface area contributed by atoms with Crippen molar-refractivity contribution in [1.29, 1.82) is 0 Å². The van der Waals surface area contributed by atoms with Gasteiger partial charge < -0.3 is 0 Å². The fraction of sp³-hybridized carbons (Fsp3) is 0.800. The Bertz CT molecular complexity index is 236.